The average Bonchev–Trinajstić information content (AvgIpc) is 3.04. The molecule has 3 aliphatic rings. The van der Waals surface area contributed by atoms with E-state index in [-0.39, 0.29) is 11.7 Å². The Kier molecular flexibility index (Phi) is 2.49. The minimum absolute atomic E-state index is 0.218. The van der Waals surface area contributed by atoms with Gasteiger partial charge in [-0.2, -0.15) is 0 Å². The molecule has 0 unspecified atom stereocenters. The molecule has 0 saturated carbocycles. The van der Waals surface area contributed by atoms with E-state index >= 15 is 0 Å². The fraction of sp³-hybridized carbons (Fsp3) is 0.312. The minimum Gasteiger partial charge on any atom is -0.453 e. The van der Waals surface area contributed by atoms with Gasteiger partial charge in [-0.05, 0) is 24.1 Å². The standard InChI is InChI=1S/C16H14N2O4/c1-22-15(21)18-7-6-16-9-4-2-3-5-11(9)17-14(20)10(16)8-12(19)13(16)18/h2-5,8,13H,6-7H2,1H3,(H,17,20)/t13-,16-/m0/s1. The predicted molar refractivity (Wildman–Crippen MR) is 77.4 cm³/mol. The molecule has 22 heavy (non-hydrogen) atoms. The van der Waals surface area contributed by atoms with Crippen molar-refractivity contribution in [3.05, 3.63) is 41.5 Å². The number of benzene rings is 1. The van der Waals surface area contributed by atoms with Crippen LogP contribution in [-0.4, -0.2) is 42.4 Å². The lowest BCUT2D eigenvalue weighted by molar-refractivity contribution is -0.118. The number of anilines is 1. The van der Waals surface area contributed by atoms with Crippen molar-refractivity contribution in [2.24, 2.45) is 0 Å². The predicted octanol–water partition coefficient (Wildman–Crippen LogP) is 1.23. The molecule has 112 valence electrons. The molecule has 0 bridgehead atoms. The molecular weight excluding hydrogens is 284 g/mol. The lowest BCUT2D eigenvalue weighted by atomic mass is 9.69. The maximum Gasteiger partial charge on any atom is 0.410 e. The Morgan fingerprint density at radius 1 is 1.36 bits per heavy atom. The largest absolute Gasteiger partial charge is 0.453 e. The number of methoxy groups -OCH3 is 1. The van der Waals surface area contributed by atoms with Crippen LogP contribution in [0.4, 0.5) is 10.5 Å². The number of nitrogens with one attached hydrogen (secondary N) is 1. The van der Waals surface area contributed by atoms with Crippen LogP contribution >= 0.6 is 0 Å². The molecular formula is C16H14N2O4. The topological polar surface area (TPSA) is 75.7 Å². The number of hydrogen-bond donors (Lipinski definition) is 1. The molecule has 1 saturated heterocycles. The zero-order chi connectivity index (χ0) is 15.5. The van der Waals surface area contributed by atoms with Gasteiger partial charge in [-0.3, -0.25) is 14.5 Å². The first-order valence-electron chi connectivity index (χ1n) is 7.11. The highest BCUT2D eigenvalue weighted by atomic mass is 16.5. The van der Waals surface area contributed by atoms with Gasteiger partial charge in [0.15, 0.2) is 5.78 Å². The third kappa shape index (κ3) is 1.37. The van der Waals surface area contributed by atoms with Gasteiger partial charge in [-0.1, -0.05) is 18.2 Å². The SMILES string of the molecule is COC(=O)N1CC[C@]23C(=CC(=O)[C@H]12)C(=O)Nc1ccccc13. The Labute approximate surface area is 126 Å². The van der Waals surface area contributed by atoms with Gasteiger partial charge in [-0.15, -0.1) is 0 Å². The molecule has 2 amide bonds. The first-order valence-corrected chi connectivity index (χ1v) is 7.11. The number of amides is 2. The summed E-state index contributed by atoms with van der Waals surface area (Å²) < 4.78 is 4.79. The zero-order valence-corrected chi connectivity index (χ0v) is 12.0. The van der Waals surface area contributed by atoms with Crippen LogP contribution in [0.15, 0.2) is 35.9 Å². The van der Waals surface area contributed by atoms with E-state index in [1.165, 1.54) is 18.1 Å². The van der Waals surface area contributed by atoms with Gasteiger partial charge in [0.2, 0.25) is 0 Å². The number of carbonyl (C=O) groups is 3. The van der Waals surface area contributed by atoms with E-state index < -0.39 is 17.6 Å². The van der Waals surface area contributed by atoms with Gasteiger partial charge in [0.25, 0.3) is 5.91 Å². The maximum absolute atomic E-state index is 12.5. The van der Waals surface area contributed by atoms with Crippen LogP contribution in [-0.2, 0) is 19.7 Å². The second-order valence-corrected chi connectivity index (χ2v) is 5.75. The molecule has 0 radical (unpaired) electrons. The van der Waals surface area contributed by atoms with E-state index in [9.17, 15) is 14.4 Å². The lowest BCUT2D eigenvalue weighted by Crippen LogP contribution is -2.49. The third-order valence-corrected chi connectivity index (χ3v) is 4.87. The summed E-state index contributed by atoms with van der Waals surface area (Å²) in [5.41, 5.74) is 1.30. The fourth-order valence-electron chi connectivity index (χ4n) is 4.04. The van der Waals surface area contributed by atoms with Crippen molar-refractivity contribution < 1.29 is 19.1 Å². The summed E-state index contributed by atoms with van der Waals surface area (Å²) in [5.74, 6) is -0.481. The van der Waals surface area contributed by atoms with Crippen molar-refractivity contribution in [2.45, 2.75) is 17.9 Å². The van der Waals surface area contributed by atoms with E-state index in [0.717, 1.165) is 5.56 Å². The van der Waals surface area contributed by atoms with Gasteiger partial charge < -0.3 is 10.1 Å². The van der Waals surface area contributed by atoms with Crippen molar-refractivity contribution in [3.8, 4) is 0 Å². The van der Waals surface area contributed by atoms with Gasteiger partial charge in [0.05, 0.1) is 12.5 Å². The number of ketones is 1. The molecule has 6 heteroatoms. The summed E-state index contributed by atoms with van der Waals surface area (Å²) in [6.45, 7) is 0.391. The Hall–Kier alpha value is -2.63. The Morgan fingerprint density at radius 3 is 2.91 bits per heavy atom. The highest BCUT2D eigenvalue weighted by Gasteiger charge is 2.62. The molecule has 2 aliphatic heterocycles. The maximum atomic E-state index is 12.5. The molecule has 0 aromatic heterocycles. The smallest absolute Gasteiger partial charge is 0.410 e. The van der Waals surface area contributed by atoms with Crippen molar-refractivity contribution in [1.82, 2.24) is 4.90 Å². The average molecular weight is 298 g/mol. The molecule has 1 aromatic carbocycles. The molecule has 1 fully saturated rings. The number of fused-ring (bicyclic) bond motifs is 1. The summed E-state index contributed by atoms with van der Waals surface area (Å²) in [4.78, 5) is 38.3. The van der Waals surface area contributed by atoms with Crippen LogP contribution in [0.1, 0.15) is 12.0 Å². The second-order valence-electron chi connectivity index (χ2n) is 5.75. The van der Waals surface area contributed by atoms with Crippen molar-refractivity contribution in [3.63, 3.8) is 0 Å². The number of carbonyl (C=O) groups excluding carboxylic acids is 3. The van der Waals surface area contributed by atoms with E-state index in [0.29, 0.717) is 24.2 Å². The minimum atomic E-state index is -0.746. The molecule has 1 aromatic rings. The summed E-state index contributed by atoms with van der Waals surface area (Å²) in [7, 11) is 1.29. The number of hydrogen-bond acceptors (Lipinski definition) is 4. The Balaban J connectivity index is 1.94. The number of nitrogens with zero attached hydrogens (tertiary/aromatic N) is 1. The van der Waals surface area contributed by atoms with Crippen LogP contribution in [0.3, 0.4) is 0 Å². The highest BCUT2D eigenvalue weighted by molar-refractivity contribution is 6.18. The van der Waals surface area contributed by atoms with Gasteiger partial charge in [-0.25, -0.2) is 4.79 Å². The van der Waals surface area contributed by atoms with Crippen LogP contribution in [0.2, 0.25) is 0 Å². The van der Waals surface area contributed by atoms with Gasteiger partial charge in [0.1, 0.15) is 6.04 Å². The van der Waals surface area contributed by atoms with Crippen LogP contribution < -0.4 is 5.32 Å². The summed E-state index contributed by atoms with van der Waals surface area (Å²) >= 11 is 0. The molecule has 2 atom stereocenters. The monoisotopic (exact) mass is 298 g/mol. The third-order valence-electron chi connectivity index (χ3n) is 4.87. The molecule has 4 rings (SSSR count). The number of rotatable bonds is 0. The van der Waals surface area contributed by atoms with Crippen molar-refractivity contribution in [1.29, 1.82) is 0 Å². The van der Waals surface area contributed by atoms with E-state index in [1.54, 1.807) is 0 Å². The summed E-state index contributed by atoms with van der Waals surface area (Å²) in [6.07, 6.45) is 1.38. The number of para-hydroxylation sites is 1. The molecule has 6 nitrogen and oxygen atoms in total. The second kappa shape index (κ2) is 4.19. The quantitative estimate of drug-likeness (QED) is 0.781. The highest BCUT2D eigenvalue weighted by Crippen LogP contribution is 2.54. The molecule has 2 heterocycles. The van der Waals surface area contributed by atoms with E-state index in [2.05, 4.69) is 5.32 Å². The molecule has 1 spiro atoms. The fourth-order valence-corrected chi connectivity index (χ4v) is 4.04. The Morgan fingerprint density at radius 2 is 2.14 bits per heavy atom. The summed E-state index contributed by atoms with van der Waals surface area (Å²) in [5, 5.41) is 2.82. The van der Waals surface area contributed by atoms with E-state index in [1.807, 2.05) is 24.3 Å². The van der Waals surface area contributed by atoms with Crippen LogP contribution in [0, 0.1) is 0 Å². The zero-order valence-electron chi connectivity index (χ0n) is 12.0. The van der Waals surface area contributed by atoms with Crippen LogP contribution in [0.5, 0.6) is 0 Å². The summed E-state index contributed by atoms with van der Waals surface area (Å²) in [6, 6.07) is 6.75. The number of ether oxygens (including phenoxy) is 1. The van der Waals surface area contributed by atoms with Gasteiger partial charge in [0, 0.05) is 17.8 Å². The Bertz CT molecular complexity index is 754. The van der Waals surface area contributed by atoms with Crippen molar-refractivity contribution >= 4 is 23.5 Å². The number of likely N-dealkylation sites (tertiary alicyclic amines) is 1. The van der Waals surface area contributed by atoms with E-state index in [4.69, 9.17) is 4.74 Å². The molecule has 1 N–H and O–H groups in total. The lowest BCUT2D eigenvalue weighted by Gasteiger charge is -2.38. The van der Waals surface area contributed by atoms with Crippen molar-refractivity contribution in [2.75, 3.05) is 19.0 Å². The molecule has 1 aliphatic carbocycles. The first-order chi connectivity index (χ1) is 10.6. The van der Waals surface area contributed by atoms with Crippen LogP contribution in [0.25, 0.3) is 0 Å². The first kappa shape index (κ1) is 13.1. The normalized spacial score (nSPS) is 28.5. The van der Waals surface area contributed by atoms with Gasteiger partial charge >= 0.3 is 6.09 Å².